The molecule has 0 aromatic rings. The van der Waals surface area contributed by atoms with Crippen molar-refractivity contribution in [2.24, 2.45) is 29.1 Å². The summed E-state index contributed by atoms with van der Waals surface area (Å²) in [6.45, 7) is 20.7. The zero-order chi connectivity index (χ0) is 14.8. The van der Waals surface area contributed by atoms with Crippen molar-refractivity contribution in [2.75, 3.05) is 7.11 Å². The van der Waals surface area contributed by atoms with Gasteiger partial charge in [0.05, 0.1) is 0 Å². The second-order valence-corrected chi connectivity index (χ2v) is 5.57. The van der Waals surface area contributed by atoms with Gasteiger partial charge in [-0.05, 0) is 29.1 Å². The molecule has 3 atom stereocenters. The Morgan fingerprint density at radius 3 is 1.32 bits per heavy atom. The molecule has 0 aromatic carbocycles. The monoisotopic (exact) mass is 452 g/mol. The van der Waals surface area contributed by atoms with Gasteiger partial charge in [0.2, 0.25) is 0 Å². The summed E-state index contributed by atoms with van der Waals surface area (Å²) < 4.78 is 0. The van der Waals surface area contributed by atoms with E-state index in [9.17, 15) is 0 Å². The van der Waals surface area contributed by atoms with Crippen LogP contribution in [0.5, 0.6) is 0 Å². The van der Waals surface area contributed by atoms with E-state index in [1.54, 1.807) is 0 Å². The minimum Gasteiger partial charge on any atom is -0.545 e. The van der Waals surface area contributed by atoms with E-state index in [0.717, 1.165) is 30.8 Å². The van der Waals surface area contributed by atoms with Crippen molar-refractivity contribution < 1.29 is 34.8 Å². The molecule has 4 heteroatoms. The van der Waals surface area contributed by atoms with Crippen LogP contribution in [0.1, 0.15) is 41.5 Å². The molecule has 0 spiro atoms. The van der Waals surface area contributed by atoms with Crippen molar-refractivity contribution in [2.45, 2.75) is 41.5 Å². The third-order valence-corrected chi connectivity index (χ3v) is 3.22. The van der Waals surface area contributed by atoms with Crippen molar-refractivity contribution in [3.63, 3.8) is 0 Å². The third kappa shape index (κ3) is 11.5. The Labute approximate surface area is 133 Å². The third-order valence-electron chi connectivity index (χ3n) is 3.22. The molecule has 0 heterocycles. The van der Waals surface area contributed by atoms with Gasteiger partial charge in [0.15, 0.2) is 0 Å². The number of aliphatic hydroxyl groups excluding tert-OH is 1. The van der Waals surface area contributed by atoms with Crippen LogP contribution >= 0.6 is 0 Å². The van der Waals surface area contributed by atoms with E-state index >= 15 is 0 Å². The second kappa shape index (κ2) is 16.0. The first-order chi connectivity index (χ1) is 7.85. The topological polar surface area (TPSA) is 54.4 Å². The molecule has 3 unspecified atom stereocenters. The van der Waals surface area contributed by atoms with E-state index in [-0.39, 0.29) is 27.5 Å². The maximum absolute atomic E-state index is 7.75. The smallest absolute Gasteiger partial charge is 0.545 e. The van der Waals surface area contributed by atoms with Crippen molar-refractivity contribution in [3.8, 4) is 0 Å². The van der Waals surface area contributed by atoms with Crippen molar-refractivity contribution in [1.29, 1.82) is 0 Å². The first kappa shape index (κ1) is 31.4. The van der Waals surface area contributed by atoms with E-state index in [1.165, 1.54) is 0 Å². The fourth-order valence-corrected chi connectivity index (χ4v) is 2.88. The molecule has 1 fully saturated rings. The quantitative estimate of drug-likeness (QED) is 0.492. The zero-order valence-electron chi connectivity index (χ0n) is 13.6. The van der Waals surface area contributed by atoms with Crippen LogP contribution in [0, 0.1) is 36.5 Å². The molecule has 1 aliphatic rings. The SMILES string of the molecule is CC(C)C1C(C)C1C(C)(C)C.CO.[CH-]=O.[CH-]=O.[CH3-].[Ir+3]. The number of carbonyl (C=O) groups excluding carboxylic acids is 2. The van der Waals surface area contributed by atoms with Gasteiger partial charge in [-0.25, -0.2) is 0 Å². The van der Waals surface area contributed by atoms with Crippen LogP contribution < -0.4 is 0 Å². The Morgan fingerprint density at radius 2 is 1.26 bits per heavy atom. The number of rotatable bonds is 1. The standard InChI is InChI=1S/C11H22.CH4O.2CHO.CH3.Ir/c1-7(2)9-8(3)10(9)11(4,5)6;3*1-2;;/h7-10H,1-6H3;2H,1H3;2*1H;1H3;/q;;3*-1;+3. The summed E-state index contributed by atoms with van der Waals surface area (Å²) in [4.78, 5) is 15.5. The Bertz CT molecular complexity index is 177. The van der Waals surface area contributed by atoms with Gasteiger partial charge in [-0.3, -0.25) is 13.6 Å². The van der Waals surface area contributed by atoms with Gasteiger partial charge >= 0.3 is 20.1 Å². The first-order valence-corrected chi connectivity index (χ1v) is 5.77. The van der Waals surface area contributed by atoms with Crippen molar-refractivity contribution >= 4 is 13.6 Å². The molecule has 3 nitrogen and oxygen atoms in total. The first-order valence-electron chi connectivity index (χ1n) is 5.77. The average Bonchev–Trinajstić information content (AvgIpc) is 2.99. The van der Waals surface area contributed by atoms with E-state index in [4.69, 9.17) is 14.7 Å². The molecule has 1 N–H and O–H groups in total. The van der Waals surface area contributed by atoms with Gasteiger partial charge in [0, 0.05) is 7.11 Å². The van der Waals surface area contributed by atoms with Gasteiger partial charge in [0.25, 0.3) is 0 Å². The molecule has 1 aliphatic carbocycles. The van der Waals surface area contributed by atoms with E-state index in [1.807, 2.05) is 0 Å². The Hall–Kier alpha value is -0.0506. The van der Waals surface area contributed by atoms with Gasteiger partial charge in [-0.2, -0.15) is 0 Å². The Kier molecular flexibility index (Phi) is 26.4. The fourth-order valence-electron chi connectivity index (χ4n) is 2.88. The van der Waals surface area contributed by atoms with Gasteiger partial charge < -0.3 is 22.1 Å². The summed E-state index contributed by atoms with van der Waals surface area (Å²) in [5.41, 5.74) is 0.536. The molecule has 19 heavy (non-hydrogen) atoms. The predicted molar refractivity (Wildman–Crippen MR) is 78.5 cm³/mol. The zero-order valence-corrected chi connectivity index (χ0v) is 16.0. The number of hydrogen-bond donors (Lipinski definition) is 1. The van der Waals surface area contributed by atoms with Gasteiger partial charge in [0.1, 0.15) is 0 Å². The predicted octanol–water partition coefficient (Wildman–Crippen LogP) is 3.08. The van der Waals surface area contributed by atoms with Crippen LogP contribution in [-0.2, 0) is 29.7 Å². The molecule has 1 rings (SSSR count). The summed E-state index contributed by atoms with van der Waals surface area (Å²) in [6.07, 6.45) is 0. The van der Waals surface area contributed by atoms with E-state index < -0.39 is 0 Å². The maximum Gasteiger partial charge on any atom is 3.00 e. The summed E-state index contributed by atoms with van der Waals surface area (Å²) in [7, 11) is 1.00. The minimum absolute atomic E-state index is 0. The summed E-state index contributed by atoms with van der Waals surface area (Å²) >= 11 is 0. The van der Waals surface area contributed by atoms with E-state index in [2.05, 4.69) is 55.1 Å². The molecule has 0 aliphatic heterocycles. The number of hydrogen-bond acceptors (Lipinski definition) is 3. The molecule has 118 valence electrons. The average molecular weight is 452 g/mol. The van der Waals surface area contributed by atoms with Crippen molar-refractivity contribution in [3.05, 3.63) is 7.43 Å². The second-order valence-electron chi connectivity index (χ2n) is 5.57. The molecule has 1 saturated carbocycles. The largest absolute Gasteiger partial charge is 3.00 e. The maximum atomic E-state index is 7.75. The normalized spacial score (nSPS) is 22.7. The van der Waals surface area contributed by atoms with Crippen LogP contribution in [0.3, 0.4) is 0 Å². The summed E-state index contributed by atoms with van der Waals surface area (Å²) in [6, 6.07) is 0. The fraction of sp³-hybridized carbons (Fsp3) is 0.800. The Balaban J connectivity index is -0.0000000724. The van der Waals surface area contributed by atoms with Crippen LogP contribution in [0.2, 0.25) is 0 Å². The van der Waals surface area contributed by atoms with E-state index in [0.29, 0.717) is 5.41 Å². The van der Waals surface area contributed by atoms with Crippen LogP contribution in [0.15, 0.2) is 0 Å². The van der Waals surface area contributed by atoms with Gasteiger partial charge in [-0.1, -0.05) is 41.5 Å². The molecule has 0 radical (unpaired) electrons. The van der Waals surface area contributed by atoms with Crippen LogP contribution in [-0.4, -0.2) is 25.8 Å². The van der Waals surface area contributed by atoms with Crippen molar-refractivity contribution in [1.82, 2.24) is 0 Å². The molecule has 0 saturated heterocycles. The number of aliphatic hydroxyl groups is 1. The molecular formula is C15H31IrO3. The molecular weight excluding hydrogens is 420 g/mol. The van der Waals surface area contributed by atoms with Crippen LogP contribution in [0.4, 0.5) is 0 Å². The minimum atomic E-state index is 0. The molecule has 0 bridgehead atoms. The van der Waals surface area contributed by atoms with Crippen LogP contribution in [0.25, 0.3) is 0 Å². The Morgan fingerprint density at radius 1 is 1.00 bits per heavy atom. The molecule has 0 aromatic heterocycles. The summed E-state index contributed by atoms with van der Waals surface area (Å²) in [5.74, 6) is 3.82. The molecule has 0 amide bonds. The summed E-state index contributed by atoms with van der Waals surface area (Å²) in [5, 5.41) is 7.00. The van der Waals surface area contributed by atoms with Gasteiger partial charge in [-0.15, -0.1) is 0 Å².